The van der Waals surface area contributed by atoms with Gasteiger partial charge in [0.2, 0.25) is 0 Å². The third kappa shape index (κ3) is 5.43. The summed E-state index contributed by atoms with van der Waals surface area (Å²) in [4.78, 5) is 22.7. The van der Waals surface area contributed by atoms with Crippen molar-refractivity contribution in [1.29, 1.82) is 0 Å². The smallest absolute Gasteiger partial charge is 0.255 e. The van der Waals surface area contributed by atoms with Gasteiger partial charge in [0, 0.05) is 61.8 Å². The number of benzene rings is 2. The number of hydrogen-bond donors (Lipinski definition) is 2. The molecule has 2 aliphatic heterocycles. The van der Waals surface area contributed by atoms with Gasteiger partial charge in [0.25, 0.3) is 5.91 Å². The molecule has 1 amide bonds. The molecule has 0 saturated carbocycles. The average molecular weight is 506 g/mol. The fraction of sp³-hybridized carbons (Fsp3) is 0.333. The first-order chi connectivity index (χ1) is 17.5. The molecule has 3 aromatic rings. The lowest BCUT2D eigenvalue weighted by Gasteiger charge is -2.32. The first-order valence-electron chi connectivity index (χ1n) is 12.0. The van der Waals surface area contributed by atoms with Crippen LogP contribution in [0.4, 0.5) is 11.4 Å². The molecule has 9 heteroatoms. The Morgan fingerprint density at radius 3 is 2.53 bits per heavy atom. The van der Waals surface area contributed by atoms with E-state index in [0.29, 0.717) is 17.1 Å². The quantitative estimate of drug-likeness (QED) is 0.492. The number of rotatable bonds is 7. The lowest BCUT2D eigenvalue weighted by Crippen LogP contribution is -2.43. The van der Waals surface area contributed by atoms with Gasteiger partial charge in [-0.3, -0.25) is 9.69 Å². The van der Waals surface area contributed by atoms with E-state index in [2.05, 4.69) is 33.5 Å². The van der Waals surface area contributed by atoms with Crippen molar-refractivity contribution in [2.75, 3.05) is 58.1 Å². The van der Waals surface area contributed by atoms with Crippen molar-refractivity contribution in [3.05, 3.63) is 71.4 Å². The van der Waals surface area contributed by atoms with E-state index in [9.17, 15) is 4.79 Å². The highest BCUT2D eigenvalue weighted by atomic mass is 32.2. The summed E-state index contributed by atoms with van der Waals surface area (Å²) in [7, 11) is 5.30. The molecule has 2 aromatic carbocycles. The summed E-state index contributed by atoms with van der Waals surface area (Å²) in [6.45, 7) is 5.25. The summed E-state index contributed by atoms with van der Waals surface area (Å²) in [6.07, 6.45) is 1.98. The summed E-state index contributed by atoms with van der Waals surface area (Å²) in [5.41, 5.74) is 4.45. The number of aromatic nitrogens is 1. The Morgan fingerprint density at radius 2 is 1.81 bits per heavy atom. The summed E-state index contributed by atoms with van der Waals surface area (Å²) >= 11 is 1.66. The van der Waals surface area contributed by atoms with Gasteiger partial charge in [0.05, 0.1) is 19.9 Å². The molecular weight excluding hydrogens is 474 g/mol. The lowest BCUT2D eigenvalue weighted by molar-refractivity contribution is 0.102. The van der Waals surface area contributed by atoms with E-state index >= 15 is 0 Å². The minimum atomic E-state index is -0.229. The minimum Gasteiger partial charge on any atom is -0.497 e. The summed E-state index contributed by atoms with van der Waals surface area (Å²) in [5, 5.41) is 7.60. The van der Waals surface area contributed by atoms with E-state index in [-0.39, 0.29) is 11.3 Å². The van der Waals surface area contributed by atoms with Crippen LogP contribution in [0.5, 0.6) is 11.5 Å². The standard InChI is InChI=1S/C27H31N5O3S/c1-31-8-10-32(11-9-31)17-18-12-24-27(28-16-18)36-26(30-24)22-6-4-5-7-23(22)29-25(33)19-13-20(34-2)15-21(14-19)35-3/h4-7,12-16,26,30H,8-11,17H2,1-3H3,(H,29,33). The van der Waals surface area contributed by atoms with Gasteiger partial charge >= 0.3 is 0 Å². The van der Waals surface area contributed by atoms with E-state index in [0.717, 1.165) is 54.7 Å². The van der Waals surface area contributed by atoms with Gasteiger partial charge in [-0.05, 0) is 36.9 Å². The molecule has 0 bridgehead atoms. The molecule has 2 N–H and O–H groups in total. The number of carbonyl (C=O) groups excluding carboxylic acids is 1. The van der Waals surface area contributed by atoms with Crippen molar-refractivity contribution >= 4 is 29.0 Å². The van der Waals surface area contributed by atoms with E-state index < -0.39 is 0 Å². The normalized spacial score (nSPS) is 17.8. The Hall–Kier alpha value is -3.27. The zero-order valence-corrected chi connectivity index (χ0v) is 21.6. The molecule has 1 saturated heterocycles. The lowest BCUT2D eigenvalue weighted by atomic mass is 10.1. The van der Waals surface area contributed by atoms with Crippen molar-refractivity contribution in [3.8, 4) is 11.5 Å². The molecule has 188 valence electrons. The monoisotopic (exact) mass is 505 g/mol. The zero-order chi connectivity index (χ0) is 25.1. The maximum absolute atomic E-state index is 13.1. The molecule has 0 radical (unpaired) electrons. The number of ether oxygens (including phenoxy) is 2. The van der Waals surface area contributed by atoms with E-state index in [1.807, 2.05) is 30.5 Å². The van der Waals surface area contributed by atoms with Crippen LogP contribution < -0.4 is 20.1 Å². The third-order valence-electron chi connectivity index (χ3n) is 6.53. The molecule has 0 aliphatic carbocycles. The third-order valence-corrected chi connectivity index (χ3v) is 7.69. The Labute approximate surface area is 216 Å². The molecule has 36 heavy (non-hydrogen) atoms. The largest absolute Gasteiger partial charge is 0.497 e. The van der Waals surface area contributed by atoms with Crippen LogP contribution in [0, 0.1) is 0 Å². The number of para-hydroxylation sites is 1. The number of likely N-dealkylation sites (N-methyl/N-ethyl adjacent to an activating group) is 1. The van der Waals surface area contributed by atoms with E-state index in [4.69, 9.17) is 14.5 Å². The fourth-order valence-electron chi connectivity index (χ4n) is 4.44. The predicted molar refractivity (Wildman–Crippen MR) is 143 cm³/mol. The van der Waals surface area contributed by atoms with E-state index in [1.54, 1.807) is 44.2 Å². The van der Waals surface area contributed by atoms with Crippen LogP contribution in [0.25, 0.3) is 0 Å². The number of hydrogen-bond acceptors (Lipinski definition) is 8. The second kappa shape index (κ2) is 10.8. The Balaban J connectivity index is 1.30. The SMILES string of the molecule is COc1cc(OC)cc(C(=O)Nc2ccccc2C2Nc3cc(CN4CCN(C)CC4)cnc3S2)c1. The van der Waals surface area contributed by atoms with Crippen LogP contribution in [0.15, 0.2) is 59.8 Å². The Kier molecular flexibility index (Phi) is 7.31. The molecule has 2 aliphatic rings. The van der Waals surface area contributed by atoms with Gasteiger partial charge in [-0.1, -0.05) is 30.0 Å². The van der Waals surface area contributed by atoms with Crippen molar-refractivity contribution in [1.82, 2.24) is 14.8 Å². The van der Waals surface area contributed by atoms with Crippen molar-refractivity contribution in [3.63, 3.8) is 0 Å². The summed E-state index contributed by atoms with van der Waals surface area (Å²) < 4.78 is 10.6. The first kappa shape index (κ1) is 24.4. The molecular formula is C27H31N5O3S. The van der Waals surface area contributed by atoms with Gasteiger partial charge in [-0.25, -0.2) is 4.98 Å². The molecule has 3 heterocycles. The van der Waals surface area contributed by atoms with Crippen LogP contribution in [0.3, 0.4) is 0 Å². The number of anilines is 2. The number of fused-ring (bicyclic) bond motifs is 1. The van der Waals surface area contributed by atoms with Crippen LogP contribution in [-0.4, -0.2) is 68.1 Å². The summed E-state index contributed by atoms with van der Waals surface area (Å²) in [5.74, 6) is 0.900. The average Bonchev–Trinajstić information content (AvgIpc) is 3.33. The van der Waals surface area contributed by atoms with Gasteiger partial charge in [0.1, 0.15) is 21.9 Å². The maximum Gasteiger partial charge on any atom is 0.255 e. The molecule has 1 fully saturated rings. The number of amides is 1. The molecule has 1 aromatic heterocycles. The molecule has 8 nitrogen and oxygen atoms in total. The first-order valence-corrected chi connectivity index (χ1v) is 12.9. The number of carbonyl (C=O) groups is 1. The molecule has 5 rings (SSSR count). The highest BCUT2D eigenvalue weighted by molar-refractivity contribution is 8.00. The molecule has 1 unspecified atom stereocenters. The highest BCUT2D eigenvalue weighted by Crippen LogP contribution is 2.47. The number of pyridine rings is 1. The van der Waals surface area contributed by atoms with Crippen LogP contribution in [0.1, 0.15) is 26.9 Å². The van der Waals surface area contributed by atoms with Gasteiger partial charge < -0.3 is 25.0 Å². The predicted octanol–water partition coefficient (Wildman–Crippen LogP) is 4.31. The number of thioether (sulfide) groups is 1. The number of nitrogens with one attached hydrogen (secondary N) is 2. The van der Waals surface area contributed by atoms with Gasteiger partial charge in [0.15, 0.2) is 0 Å². The second-order valence-corrected chi connectivity index (χ2v) is 10.2. The fourth-order valence-corrected chi connectivity index (χ4v) is 5.54. The zero-order valence-electron chi connectivity index (χ0n) is 20.8. The maximum atomic E-state index is 13.1. The van der Waals surface area contributed by atoms with Crippen LogP contribution in [-0.2, 0) is 6.54 Å². The molecule has 1 atom stereocenters. The Bertz CT molecular complexity index is 1220. The summed E-state index contributed by atoms with van der Waals surface area (Å²) in [6, 6.07) is 15.2. The van der Waals surface area contributed by atoms with Crippen LogP contribution in [0.2, 0.25) is 0 Å². The number of methoxy groups -OCH3 is 2. The molecule has 0 spiro atoms. The van der Waals surface area contributed by atoms with E-state index in [1.165, 1.54) is 5.56 Å². The van der Waals surface area contributed by atoms with Gasteiger partial charge in [-0.2, -0.15) is 0 Å². The van der Waals surface area contributed by atoms with Crippen molar-refractivity contribution in [2.24, 2.45) is 0 Å². The second-order valence-electron chi connectivity index (χ2n) is 9.06. The van der Waals surface area contributed by atoms with Gasteiger partial charge in [-0.15, -0.1) is 0 Å². The highest BCUT2D eigenvalue weighted by Gasteiger charge is 2.27. The topological polar surface area (TPSA) is 79.0 Å². The Morgan fingerprint density at radius 1 is 1.08 bits per heavy atom. The van der Waals surface area contributed by atoms with Crippen LogP contribution >= 0.6 is 11.8 Å². The number of nitrogens with zero attached hydrogens (tertiary/aromatic N) is 3. The van der Waals surface area contributed by atoms with Crippen molar-refractivity contribution in [2.45, 2.75) is 16.9 Å². The number of piperazine rings is 1. The van der Waals surface area contributed by atoms with Crippen molar-refractivity contribution < 1.29 is 14.3 Å². The minimum absolute atomic E-state index is 0.0530.